The first-order chi connectivity index (χ1) is 14.5. The van der Waals surface area contributed by atoms with Crippen LogP contribution in [0.5, 0.6) is 0 Å². The van der Waals surface area contributed by atoms with Gasteiger partial charge in [0.25, 0.3) is 0 Å². The van der Waals surface area contributed by atoms with Crippen LogP contribution in [0.15, 0.2) is 66.7 Å². The number of nitrogens with two attached hydrogens (primary N) is 1. The molecule has 0 atom stereocenters. The van der Waals surface area contributed by atoms with Gasteiger partial charge < -0.3 is 11.1 Å². The van der Waals surface area contributed by atoms with E-state index in [0.29, 0.717) is 22.9 Å². The highest BCUT2D eigenvalue weighted by Crippen LogP contribution is 2.24. The number of nitrogens with one attached hydrogen (secondary N) is 1. The normalized spacial score (nSPS) is 12.2. The first-order valence-electron chi connectivity index (χ1n) is 10.1. The van der Waals surface area contributed by atoms with Crippen molar-refractivity contribution in [2.75, 3.05) is 11.9 Å². The molecule has 3 aromatic rings. The van der Waals surface area contributed by atoms with Crippen molar-refractivity contribution < 1.29 is 4.79 Å². The van der Waals surface area contributed by atoms with Gasteiger partial charge in [-0.1, -0.05) is 71.7 Å². The second-order valence-corrected chi connectivity index (χ2v) is 8.23. The lowest BCUT2D eigenvalue weighted by Crippen LogP contribution is -2.11. The molecule has 0 saturated heterocycles. The van der Waals surface area contributed by atoms with Crippen molar-refractivity contribution in [1.29, 1.82) is 0 Å². The molecule has 0 bridgehead atoms. The van der Waals surface area contributed by atoms with E-state index < -0.39 is 0 Å². The summed E-state index contributed by atoms with van der Waals surface area (Å²) in [6, 6.07) is 22.7. The number of amides is 1. The van der Waals surface area contributed by atoms with Gasteiger partial charge in [-0.2, -0.15) is 0 Å². The van der Waals surface area contributed by atoms with Gasteiger partial charge in [0.2, 0.25) is 5.91 Å². The van der Waals surface area contributed by atoms with Crippen molar-refractivity contribution in [3.8, 4) is 0 Å². The van der Waals surface area contributed by atoms with E-state index in [1.165, 1.54) is 35.2 Å². The number of primary amides is 1. The maximum absolute atomic E-state index is 10.5. The van der Waals surface area contributed by atoms with E-state index in [1.54, 1.807) is 18.2 Å². The molecule has 3 N–H and O–H groups in total. The molecule has 0 aliphatic carbocycles. The third kappa shape index (κ3) is 6.79. The van der Waals surface area contributed by atoms with Crippen LogP contribution in [0.3, 0.4) is 0 Å². The Kier molecular flexibility index (Phi) is 8.18. The first-order valence-corrected chi connectivity index (χ1v) is 10.9. The van der Waals surface area contributed by atoms with Gasteiger partial charge in [0.15, 0.2) is 0 Å². The fourth-order valence-corrected chi connectivity index (χ4v) is 3.96. The molecule has 5 heteroatoms. The van der Waals surface area contributed by atoms with Gasteiger partial charge in [-0.15, -0.1) is 0 Å². The van der Waals surface area contributed by atoms with Gasteiger partial charge in [-0.25, -0.2) is 0 Å². The number of benzene rings is 3. The number of rotatable bonds is 5. The van der Waals surface area contributed by atoms with Gasteiger partial charge in [0.1, 0.15) is 0 Å². The quantitative estimate of drug-likeness (QED) is 0.507. The fraction of sp³-hybridized carbons (Fsp3) is 0.240. The molecule has 0 spiro atoms. The fourth-order valence-electron chi connectivity index (χ4n) is 3.45. The summed E-state index contributed by atoms with van der Waals surface area (Å²) in [5, 5.41) is 4.62. The molecule has 0 radical (unpaired) electrons. The lowest BCUT2D eigenvalue weighted by atomic mass is 9.97. The van der Waals surface area contributed by atoms with Crippen molar-refractivity contribution in [2.24, 2.45) is 5.73 Å². The van der Waals surface area contributed by atoms with Crippen molar-refractivity contribution in [1.82, 2.24) is 0 Å². The first kappa shape index (κ1) is 22.2. The van der Waals surface area contributed by atoms with E-state index in [1.807, 2.05) is 0 Å². The van der Waals surface area contributed by atoms with Crippen LogP contribution in [-0.4, -0.2) is 12.5 Å². The number of hydrogen-bond donors (Lipinski definition) is 2. The number of carbonyl (C=O) groups is 1. The van der Waals surface area contributed by atoms with E-state index in [0.717, 1.165) is 18.5 Å². The van der Waals surface area contributed by atoms with Crippen LogP contribution in [0.1, 0.15) is 35.1 Å². The zero-order valence-corrected chi connectivity index (χ0v) is 18.3. The van der Waals surface area contributed by atoms with E-state index in [9.17, 15) is 4.79 Å². The number of aryl methyl sites for hydroxylation is 2. The molecule has 0 unspecified atom stereocenters. The highest BCUT2D eigenvalue weighted by atomic mass is 35.5. The molecule has 0 aromatic heterocycles. The Bertz CT molecular complexity index is 990. The number of anilines is 1. The van der Waals surface area contributed by atoms with E-state index in [2.05, 4.69) is 53.8 Å². The molecule has 0 fully saturated rings. The molecule has 3 nitrogen and oxygen atoms in total. The lowest BCUT2D eigenvalue weighted by Gasteiger charge is -2.18. The smallest absolute Gasteiger partial charge is 0.217 e. The molecular formula is C25H26Cl2N2O. The van der Waals surface area contributed by atoms with Crippen molar-refractivity contribution in [3.63, 3.8) is 0 Å². The van der Waals surface area contributed by atoms with Gasteiger partial charge in [-0.05, 0) is 66.1 Å². The predicted molar refractivity (Wildman–Crippen MR) is 126 cm³/mol. The number of hydrogen-bond acceptors (Lipinski definition) is 2. The number of halogens is 2. The van der Waals surface area contributed by atoms with Crippen LogP contribution < -0.4 is 11.1 Å². The Balaban J connectivity index is 0.000000178. The lowest BCUT2D eigenvalue weighted by molar-refractivity contribution is -0.117. The van der Waals surface area contributed by atoms with Crippen molar-refractivity contribution in [2.45, 2.75) is 32.1 Å². The molecule has 0 saturated carbocycles. The van der Waals surface area contributed by atoms with E-state index in [4.69, 9.17) is 28.9 Å². The van der Waals surface area contributed by atoms with Gasteiger partial charge in [-0.3, -0.25) is 4.79 Å². The predicted octanol–water partition coefficient (Wildman–Crippen LogP) is 6.05. The van der Waals surface area contributed by atoms with Crippen LogP contribution in [-0.2, 0) is 24.1 Å². The molecule has 1 aliphatic rings. The average molecular weight is 441 g/mol. The van der Waals surface area contributed by atoms with Crippen molar-refractivity contribution >= 4 is 34.8 Å². The molecule has 1 heterocycles. The third-order valence-electron chi connectivity index (χ3n) is 5.01. The Morgan fingerprint density at radius 1 is 0.967 bits per heavy atom. The Morgan fingerprint density at radius 3 is 2.50 bits per heavy atom. The molecular weight excluding hydrogens is 415 g/mol. The summed E-state index contributed by atoms with van der Waals surface area (Å²) in [5.74, 6) is -0.328. The largest absolute Gasteiger partial charge is 0.385 e. The summed E-state index contributed by atoms with van der Waals surface area (Å²) < 4.78 is 0. The highest BCUT2D eigenvalue weighted by molar-refractivity contribution is 6.35. The Hall–Kier alpha value is -2.49. The Labute approximate surface area is 188 Å². The van der Waals surface area contributed by atoms with Crippen LogP contribution in [0.25, 0.3) is 0 Å². The monoisotopic (exact) mass is 440 g/mol. The third-order valence-corrected chi connectivity index (χ3v) is 5.60. The number of fused-ring (bicyclic) bond motifs is 1. The van der Waals surface area contributed by atoms with Crippen LogP contribution >= 0.6 is 23.2 Å². The molecule has 1 amide bonds. The zero-order chi connectivity index (χ0) is 21.3. The minimum absolute atomic E-state index is 0.307. The summed E-state index contributed by atoms with van der Waals surface area (Å²) >= 11 is 11.6. The maximum atomic E-state index is 10.5. The molecule has 4 rings (SSSR count). The van der Waals surface area contributed by atoms with E-state index >= 15 is 0 Å². The topological polar surface area (TPSA) is 55.1 Å². The summed E-state index contributed by atoms with van der Waals surface area (Å²) in [4.78, 5) is 10.5. The molecule has 30 heavy (non-hydrogen) atoms. The number of carbonyl (C=O) groups excluding carboxylic acids is 1. The molecule has 156 valence electrons. The summed E-state index contributed by atoms with van der Waals surface area (Å²) in [6.45, 7) is 1.12. The summed E-state index contributed by atoms with van der Waals surface area (Å²) in [6.07, 6.45) is 4.37. The van der Waals surface area contributed by atoms with Gasteiger partial charge in [0.05, 0.1) is 0 Å². The molecule has 1 aliphatic heterocycles. The second-order valence-electron chi connectivity index (χ2n) is 7.39. The Morgan fingerprint density at radius 2 is 1.77 bits per heavy atom. The summed E-state index contributed by atoms with van der Waals surface area (Å²) in [5.41, 5.74) is 11.5. The van der Waals surface area contributed by atoms with Crippen LogP contribution in [0.2, 0.25) is 10.0 Å². The van der Waals surface area contributed by atoms with E-state index in [-0.39, 0.29) is 5.91 Å². The SMILES string of the molecule is NC(=O)CCc1ccc(Cl)cc1Cl.c1ccc(Cc2ccc3c(c2)CCCN3)cc1. The minimum Gasteiger partial charge on any atom is -0.385 e. The van der Waals surface area contributed by atoms with Crippen molar-refractivity contribution in [3.05, 3.63) is 99.0 Å². The van der Waals surface area contributed by atoms with Crippen LogP contribution in [0.4, 0.5) is 5.69 Å². The van der Waals surface area contributed by atoms with Gasteiger partial charge in [0, 0.05) is 28.7 Å². The minimum atomic E-state index is -0.328. The average Bonchev–Trinajstić information content (AvgIpc) is 2.74. The van der Waals surface area contributed by atoms with Crippen LogP contribution in [0, 0.1) is 0 Å². The molecule has 3 aromatic carbocycles. The maximum Gasteiger partial charge on any atom is 0.217 e. The zero-order valence-electron chi connectivity index (χ0n) is 16.8. The standard InChI is InChI=1S/C16H17N.C9H9Cl2NO/c1-2-5-13(6-3-1)11-14-8-9-16-15(12-14)7-4-10-17-16;10-7-3-1-6(8(11)5-7)2-4-9(12)13/h1-3,5-6,8-9,12,17H,4,7,10-11H2;1,3,5H,2,4H2,(H2,12,13). The second kappa shape index (κ2) is 11.1. The van der Waals surface area contributed by atoms with Gasteiger partial charge >= 0.3 is 0 Å². The highest BCUT2D eigenvalue weighted by Gasteiger charge is 2.08. The summed E-state index contributed by atoms with van der Waals surface area (Å²) in [7, 11) is 0.